The third-order valence-corrected chi connectivity index (χ3v) is 10.5. The van der Waals surface area contributed by atoms with E-state index in [0.717, 1.165) is 5.56 Å². The van der Waals surface area contributed by atoms with Crippen LogP contribution < -0.4 is 5.32 Å². The normalized spacial score (nSPS) is 44.3. The summed E-state index contributed by atoms with van der Waals surface area (Å²) in [5, 5.41) is 14.3. The minimum atomic E-state index is -1.09. The van der Waals surface area contributed by atoms with Gasteiger partial charge in [-0.1, -0.05) is 58.0 Å². The number of hydrogen-bond donors (Lipinski definition) is 2. The van der Waals surface area contributed by atoms with Crippen molar-refractivity contribution >= 4 is 5.91 Å². The van der Waals surface area contributed by atoms with E-state index in [9.17, 15) is 9.90 Å². The Bertz CT molecular complexity index is 1140. The molecule has 11 nitrogen and oxygen atoms in total. The van der Waals surface area contributed by atoms with Crippen LogP contribution in [0.15, 0.2) is 30.3 Å². The second-order valence-electron chi connectivity index (χ2n) is 14.3. The van der Waals surface area contributed by atoms with Crippen LogP contribution in [-0.4, -0.2) is 97.5 Å². The fourth-order valence-corrected chi connectivity index (χ4v) is 7.12. The average Bonchev–Trinajstić information content (AvgIpc) is 3.00. The second-order valence-corrected chi connectivity index (χ2v) is 14.3. The number of aliphatic hydroxyl groups excluding tert-OH is 1. The van der Waals surface area contributed by atoms with Crippen LogP contribution in [0.3, 0.4) is 0 Å². The lowest BCUT2D eigenvalue weighted by atomic mass is 9.79. The Hall–Kier alpha value is -1.67. The molecule has 4 saturated heterocycles. The molecule has 4 fully saturated rings. The lowest BCUT2D eigenvalue weighted by Crippen LogP contribution is -2.69. The van der Waals surface area contributed by atoms with Gasteiger partial charge in [0.05, 0.1) is 44.2 Å². The quantitative estimate of drug-likeness (QED) is 0.409. The highest BCUT2D eigenvalue weighted by atomic mass is 16.8. The van der Waals surface area contributed by atoms with Crippen molar-refractivity contribution in [2.24, 2.45) is 23.7 Å². The van der Waals surface area contributed by atoms with Crippen molar-refractivity contribution in [3.05, 3.63) is 35.9 Å². The van der Waals surface area contributed by atoms with Crippen LogP contribution in [0.5, 0.6) is 0 Å². The lowest BCUT2D eigenvalue weighted by molar-refractivity contribution is -0.384. The Morgan fingerprint density at radius 1 is 0.891 bits per heavy atom. The molecule has 15 atom stereocenters. The molecule has 1 amide bonds. The molecule has 260 valence electrons. The minimum absolute atomic E-state index is 0.0536. The van der Waals surface area contributed by atoms with Crippen molar-refractivity contribution in [3.8, 4) is 0 Å². The number of fused-ring (bicyclic) bond motifs is 1. The maximum Gasteiger partial charge on any atom is 0.217 e. The average molecular weight is 650 g/mol. The molecule has 0 bridgehead atoms. The predicted molar refractivity (Wildman–Crippen MR) is 168 cm³/mol. The molecule has 5 rings (SSSR count). The number of aliphatic hydroxyl groups is 1. The molecule has 6 unspecified atom stereocenters. The van der Waals surface area contributed by atoms with Crippen LogP contribution in [0.1, 0.15) is 67.9 Å². The number of nitrogens with one attached hydrogen (secondary N) is 1. The van der Waals surface area contributed by atoms with Crippen LogP contribution in [-0.2, 0) is 49.3 Å². The van der Waals surface area contributed by atoms with E-state index < -0.39 is 54.9 Å². The van der Waals surface area contributed by atoms with Gasteiger partial charge in [-0.15, -0.1) is 0 Å². The van der Waals surface area contributed by atoms with E-state index in [0.29, 0.717) is 19.1 Å². The monoisotopic (exact) mass is 649 g/mol. The fourth-order valence-electron chi connectivity index (χ4n) is 7.12. The third kappa shape index (κ3) is 7.96. The van der Waals surface area contributed by atoms with Crippen LogP contribution in [0.25, 0.3) is 0 Å². The van der Waals surface area contributed by atoms with Gasteiger partial charge in [0.25, 0.3) is 0 Å². The molecular weight excluding hydrogens is 594 g/mol. The summed E-state index contributed by atoms with van der Waals surface area (Å²) < 4.78 is 50.9. The molecule has 4 heterocycles. The summed E-state index contributed by atoms with van der Waals surface area (Å²) in [7, 11) is 0. The Morgan fingerprint density at radius 3 is 2.28 bits per heavy atom. The van der Waals surface area contributed by atoms with Gasteiger partial charge in [-0.25, -0.2) is 0 Å². The molecule has 1 aromatic rings. The number of carbonyl (C=O) groups excluding carboxylic acids is 1. The predicted octanol–water partition coefficient (Wildman–Crippen LogP) is 3.79. The van der Waals surface area contributed by atoms with Gasteiger partial charge in [-0.2, -0.15) is 0 Å². The third-order valence-electron chi connectivity index (χ3n) is 10.5. The van der Waals surface area contributed by atoms with E-state index in [1.807, 2.05) is 32.0 Å². The molecule has 46 heavy (non-hydrogen) atoms. The molecule has 11 heteroatoms. The van der Waals surface area contributed by atoms with E-state index in [2.05, 4.69) is 45.1 Å². The lowest BCUT2D eigenvalue weighted by Gasteiger charge is -2.52. The van der Waals surface area contributed by atoms with Crippen LogP contribution in [0, 0.1) is 23.7 Å². The second kappa shape index (κ2) is 14.8. The highest BCUT2D eigenvalue weighted by Crippen LogP contribution is 2.40. The standard InChI is InChI=1S/C35H55NO10/c1-18-19(2)26(16-39-15-25-13-11-10-12-14-25)42-33(20(18)3)44-30-21(4)22(5)41-23(6)31(30)45-34-28(36-24(7)37)29(38)32-27(43-34)17-40-35(8,9)46-32/h10-14,18-23,26-34,38H,15-17H2,1-9H3,(H,36,37)/t18?,19-,20?,21-,22?,23-,26-,27?,28-,29?,30-,31?,32+,33+,34-/m0/s1. The van der Waals surface area contributed by atoms with Crippen LogP contribution >= 0.6 is 0 Å². The van der Waals surface area contributed by atoms with Crippen molar-refractivity contribution in [1.82, 2.24) is 5.32 Å². The molecule has 1 aromatic carbocycles. The van der Waals surface area contributed by atoms with Gasteiger partial charge in [0.2, 0.25) is 5.91 Å². The number of rotatable bonds is 9. The van der Waals surface area contributed by atoms with E-state index in [4.69, 9.17) is 37.9 Å². The molecule has 2 N–H and O–H groups in total. The minimum Gasteiger partial charge on any atom is -0.388 e. The van der Waals surface area contributed by atoms with Gasteiger partial charge in [0, 0.05) is 18.8 Å². The maximum absolute atomic E-state index is 12.3. The van der Waals surface area contributed by atoms with E-state index in [1.54, 1.807) is 13.8 Å². The summed E-state index contributed by atoms with van der Waals surface area (Å²) in [5.74, 6) is -0.560. The highest BCUT2D eigenvalue weighted by Gasteiger charge is 2.54. The molecule has 0 aliphatic carbocycles. The number of carbonyl (C=O) groups is 1. The van der Waals surface area contributed by atoms with E-state index >= 15 is 0 Å². The first-order valence-electron chi connectivity index (χ1n) is 16.9. The molecular formula is C35H55NO10. The van der Waals surface area contributed by atoms with Crippen molar-refractivity contribution < 1.29 is 47.8 Å². The Balaban J connectivity index is 1.32. The first-order chi connectivity index (χ1) is 21.8. The molecule has 4 aliphatic heterocycles. The Labute approximate surface area is 273 Å². The molecule has 0 spiro atoms. The van der Waals surface area contributed by atoms with Gasteiger partial charge >= 0.3 is 0 Å². The summed E-state index contributed by atoms with van der Waals surface area (Å²) in [4.78, 5) is 12.3. The first-order valence-corrected chi connectivity index (χ1v) is 16.9. The zero-order chi connectivity index (χ0) is 33.3. The summed E-state index contributed by atoms with van der Waals surface area (Å²) in [6, 6.07) is 9.24. The number of amides is 1. The van der Waals surface area contributed by atoms with Crippen LogP contribution in [0.4, 0.5) is 0 Å². The van der Waals surface area contributed by atoms with E-state index in [1.165, 1.54) is 6.92 Å². The Kier molecular flexibility index (Phi) is 11.5. The van der Waals surface area contributed by atoms with Crippen molar-refractivity contribution in [2.45, 2.75) is 142 Å². The van der Waals surface area contributed by atoms with Crippen molar-refractivity contribution in [2.75, 3.05) is 13.2 Å². The molecule has 0 saturated carbocycles. The van der Waals surface area contributed by atoms with Gasteiger partial charge in [0.15, 0.2) is 18.4 Å². The number of hydrogen-bond acceptors (Lipinski definition) is 10. The van der Waals surface area contributed by atoms with Gasteiger partial charge in [-0.3, -0.25) is 4.79 Å². The van der Waals surface area contributed by atoms with Gasteiger partial charge < -0.3 is 48.3 Å². The van der Waals surface area contributed by atoms with Gasteiger partial charge in [0.1, 0.15) is 30.5 Å². The smallest absolute Gasteiger partial charge is 0.217 e. The fraction of sp³-hybridized carbons (Fsp3) is 0.800. The first kappa shape index (κ1) is 35.6. The summed E-state index contributed by atoms with van der Waals surface area (Å²) in [5.41, 5.74) is 1.12. The largest absolute Gasteiger partial charge is 0.388 e. The molecule has 4 aliphatic rings. The number of benzene rings is 1. The summed E-state index contributed by atoms with van der Waals surface area (Å²) in [6.45, 7) is 18.8. The highest BCUT2D eigenvalue weighted by molar-refractivity contribution is 5.73. The van der Waals surface area contributed by atoms with Gasteiger partial charge in [-0.05, 0) is 45.1 Å². The Morgan fingerprint density at radius 2 is 1.59 bits per heavy atom. The zero-order valence-electron chi connectivity index (χ0n) is 28.8. The topological polar surface area (TPSA) is 123 Å². The zero-order valence-corrected chi connectivity index (χ0v) is 28.8. The SMILES string of the molecule is CC(=O)N[C@H]1C(O)[C@@H]2OC(C)(C)OCC2O[C@H]1OC1[C@H](C)OC(C)[C@H](C)[C@@H]1O[C@H]1O[C@@H](COCc2ccccc2)[C@@H](C)C(C)C1C. The molecule has 0 radical (unpaired) electrons. The van der Waals surface area contributed by atoms with E-state index in [-0.39, 0.29) is 48.6 Å². The molecule has 0 aromatic heterocycles. The van der Waals surface area contributed by atoms with Crippen LogP contribution in [0.2, 0.25) is 0 Å². The summed E-state index contributed by atoms with van der Waals surface area (Å²) >= 11 is 0. The summed E-state index contributed by atoms with van der Waals surface area (Å²) in [6.07, 6.45) is -5.50. The van der Waals surface area contributed by atoms with Crippen molar-refractivity contribution in [1.29, 1.82) is 0 Å². The van der Waals surface area contributed by atoms with Crippen molar-refractivity contribution in [3.63, 3.8) is 0 Å². The maximum atomic E-state index is 12.3. The number of ether oxygens (including phenoxy) is 8.